The second-order valence-corrected chi connectivity index (χ2v) is 5.13. The maximum Gasteiger partial charge on any atom is 0.283 e. The van der Waals surface area contributed by atoms with Crippen molar-refractivity contribution in [3.63, 3.8) is 0 Å². The molecular weight excluding hydrogens is 300 g/mol. The number of carbonyl (C=O) groups is 1. The standard InChI is InChI=1S/C12H13BrN2O3/c13-11-8(3-1-5-10(11)15(17)18)7-9-4-2-6-14-12(9)16/h1,3,5,9H,2,4,6-7H2,(H,14,16). The van der Waals surface area contributed by atoms with Crippen LogP contribution < -0.4 is 5.32 Å². The highest BCUT2D eigenvalue weighted by Crippen LogP contribution is 2.31. The topological polar surface area (TPSA) is 72.2 Å². The number of nitro groups is 1. The number of halogens is 1. The van der Waals surface area contributed by atoms with Crippen molar-refractivity contribution in [2.24, 2.45) is 5.92 Å². The Morgan fingerprint density at radius 1 is 1.50 bits per heavy atom. The molecule has 0 aromatic heterocycles. The van der Waals surface area contributed by atoms with E-state index in [2.05, 4.69) is 21.2 Å². The van der Waals surface area contributed by atoms with Gasteiger partial charge in [-0.15, -0.1) is 0 Å². The van der Waals surface area contributed by atoms with Gasteiger partial charge in [0.1, 0.15) is 0 Å². The van der Waals surface area contributed by atoms with E-state index in [1.165, 1.54) is 6.07 Å². The van der Waals surface area contributed by atoms with Crippen LogP contribution in [0.5, 0.6) is 0 Å². The molecular formula is C12H13BrN2O3. The normalized spacial score (nSPS) is 19.4. The van der Waals surface area contributed by atoms with Gasteiger partial charge in [0.25, 0.3) is 5.69 Å². The fourth-order valence-corrected chi connectivity index (χ4v) is 2.73. The molecule has 2 rings (SSSR count). The van der Waals surface area contributed by atoms with Crippen LogP contribution in [0.4, 0.5) is 5.69 Å². The molecule has 1 fully saturated rings. The van der Waals surface area contributed by atoms with Gasteiger partial charge in [0.2, 0.25) is 5.91 Å². The van der Waals surface area contributed by atoms with Crippen molar-refractivity contribution in [1.29, 1.82) is 0 Å². The molecule has 6 heteroatoms. The zero-order chi connectivity index (χ0) is 13.1. The minimum Gasteiger partial charge on any atom is -0.356 e. The Morgan fingerprint density at radius 2 is 2.28 bits per heavy atom. The molecule has 1 aliphatic rings. The molecule has 1 amide bonds. The van der Waals surface area contributed by atoms with Crippen molar-refractivity contribution in [3.8, 4) is 0 Å². The SMILES string of the molecule is O=C1NCCCC1Cc1cccc([N+](=O)[O-])c1Br. The molecule has 18 heavy (non-hydrogen) atoms. The van der Waals surface area contributed by atoms with Crippen molar-refractivity contribution < 1.29 is 9.72 Å². The highest BCUT2D eigenvalue weighted by atomic mass is 79.9. The number of rotatable bonds is 3. The summed E-state index contributed by atoms with van der Waals surface area (Å²) in [5, 5.41) is 13.6. The molecule has 5 nitrogen and oxygen atoms in total. The number of nitro benzene ring substituents is 1. The van der Waals surface area contributed by atoms with Crippen LogP contribution in [0.25, 0.3) is 0 Å². The lowest BCUT2D eigenvalue weighted by atomic mass is 9.91. The molecule has 0 saturated carbocycles. The summed E-state index contributed by atoms with van der Waals surface area (Å²) >= 11 is 3.26. The molecule has 0 aliphatic carbocycles. The van der Waals surface area contributed by atoms with Gasteiger partial charge in [-0.25, -0.2) is 0 Å². The van der Waals surface area contributed by atoms with E-state index >= 15 is 0 Å². The minimum atomic E-state index is -0.422. The average molecular weight is 313 g/mol. The summed E-state index contributed by atoms with van der Waals surface area (Å²) < 4.78 is 0.480. The first-order valence-corrected chi connectivity index (χ1v) is 6.58. The third kappa shape index (κ3) is 2.69. The summed E-state index contributed by atoms with van der Waals surface area (Å²) in [5.41, 5.74) is 0.856. The van der Waals surface area contributed by atoms with Gasteiger partial charge in [-0.05, 0) is 40.8 Å². The van der Waals surface area contributed by atoms with Crippen molar-refractivity contribution in [3.05, 3.63) is 38.3 Å². The Kier molecular flexibility index (Phi) is 3.96. The van der Waals surface area contributed by atoms with Crippen LogP contribution in [0.2, 0.25) is 0 Å². The zero-order valence-corrected chi connectivity index (χ0v) is 11.3. The predicted molar refractivity (Wildman–Crippen MR) is 70.2 cm³/mol. The number of nitrogens with zero attached hydrogens (tertiary/aromatic N) is 1. The van der Waals surface area contributed by atoms with Gasteiger partial charge in [-0.3, -0.25) is 14.9 Å². The van der Waals surface area contributed by atoms with E-state index in [1.807, 2.05) is 6.07 Å². The van der Waals surface area contributed by atoms with Gasteiger partial charge in [0.05, 0.1) is 9.40 Å². The van der Waals surface area contributed by atoms with Crippen LogP contribution in [0.15, 0.2) is 22.7 Å². The minimum absolute atomic E-state index is 0.0413. The molecule has 96 valence electrons. The fraction of sp³-hybridized carbons (Fsp3) is 0.417. The van der Waals surface area contributed by atoms with Crippen LogP contribution in [-0.4, -0.2) is 17.4 Å². The molecule has 1 N–H and O–H groups in total. The lowest BCUT2D eigenvalue weighted by molar-refractivity contribution is -0.385. The Bertz CT molecular complexity index is 490. The molecule has 0 radical (unpaired) electrons. The molecule has 0 spiro atoms. The number of hydrogen-bond donors (Lipinski definition) is 1. The number of nitrogens with one attached hydrogen (secondary N) is 1. The lowest BCUT2D eigenvalue weighted by Crippen LogP contribution is -2.37. The summed E-state index contributed by atoms with van der Waals surface area (Å²) in [5.74, 6) is -0.0447. The smallest absolute Gasteiger partial charge is 0.283 e. The third-order valence-corrected chi connectivity index (χ3v) is 4.04. The van der Waals surface area contributed by atoms with Crippen LogP contribution in [-0.2, 0) is 11.2 Å². The maximum atomic E-state index is 11.7. The predicted octanol–water partition coefficient (Wildman–Crippen LogP) is 2.43. The van der Waals surface area contributed by atoms with E-state index in [-0.39, 0.29) is 17.5 Å². The van der Waals surface area contributed by atoms with E-state index in [0.29, 0.717) is 10.9 Å². The van der Waals surface area contributed by atoms with Crippen LogP contribution in [0.3, 0.4) is 0 Å². The molecule has 1 unspecified atom stereocenters. The molecule has 1 aromatic rings. The second kappa shape index (κ2) is 5.48. The van der Waals surface area contributed by atoms with E-state index in [0.717, 1.165) is 24.9 Å². The number of benzene rings is 1. The van der Waals surface area contributed by atoms with E-state index in [4.69, 9.17) is 0 Å². The average Bonchev–Trinajstić information content (AvgIpc) is 2.34. The number of amides is 1. The van der Waals surface area contributed by atoms with E-state index < -0.39 is 4.92 Å². The van der Waals surface area contributed by atoms with Crippen molar-refractivity contribution in [2.45, 2.75) is 19.3 Å². The fourth-order valence-electron chi connectivity index (χ4n) is 2.16. The molecule has 1 saturated heterocycles. The first-order chi connectivity index (χ1) is 8.59. The highest BCUT2D eigenvalue weighted by Gasteiger charge is 2.24. The number of hydrogen-bond acceptors (Lipinski definition) is 3. The van der Waals surface area contributed by atoms with Gasteiger partial charge in [0, 0.05) is 18.5 Å². The van der Waals surface area contributed by atoms with Crippen LogP contribution in [0.1, 0.15) is 18.4 Å². The first-order valence-electron chi connectivity index (χ1n) is 5.79. The molecule has 1 aliphatic heterocycles. The molecule has 1 atom stereocenters. The van der Waals surface area contributed by atoms with Gasteiger partial charge in [0.15, 0.2) is 0 Å². The van der Waals surface area contributed by atoms with Gasteiger partial charge in [-0.2, -0.15) is 0 Å². The van der Waals surface area contributed by atoms with Gasteiger partial charge >= 0.3 is 0 Å². The van der Waals surface area contributed by atoms with Crippen molar-refractivity contribution in [1.82, 2.24) is 5.32 Å². The highest BCUT2D eigenvalue weighted by molar-refractivity contribution is 9.10. The van der Waals surface area contributed by atoms with Crippen LogP contribution >= 0.6 is 15.9 Å². The quantitative estimate of drug-likeness (QED) is 0.688. The molecule has 1 aromatic carbocycles. The van der Waals surface area contributed by atoms with Gasteiger partial charge < -0.3 is 5.32 Å². The van der Waals surface area contributed by atoms with Gasteiger partial charge in [-0.1, -0.05) is 12.1 Å². The lowest BCUT2D eigenvalue weighted by Gasteiger charge is -2.22. The Hall–Kier alpha value is -1.43. The molecule has 0 bridgehead atoms. The number of carbonyl (C=O) groups excluding carboxylic acids is 1. The van der Waals surface area contributed by atoms with Crippen molar-refractivity contribution >= 4 is 27.5 Å². The van der Waals surface area contributed by atoms with Crippen molar-refractivity contribution in [2.75, 3.05) is 6.54 Å². The summed E-state index contributed by atoms with van der Waals surface area (Å²) in [6.07, 6.45) is 2.33. The third-order valence-electron chi connectivity index (χ3n) is 3.12. The number of piperidine rings is 1. The Balaban J connectivity index is 2.21. The summed E-state index contributed by atoms with van der Waals surface area (Å²) in [6, 6.07) is 4.92. The zero-order valence-electron chi connectivity index (χ0n) is 9.69. The first kappa shape index (κ1) is 13.0. The summed E-state index contributed by atoms with van der Waals surface area (Å²) in [7, 11) is 0. The van der Waals surface area contributed by atoms with E-state index in [9.17, 15) is 14.9 Å². The monoisotopic (exact) mass is 312 g/mol. The van der Waals surface area contributed by atoms with E-state index in [1.54, 1.807) is 6.07 Å². The second-order valence-electron chi connectivity index (χ2n) is 4.34. The maximum absolute atomic E-state index is 11.7. The Morgan fingerprint density at radius 3 is 2.94 bits per heavy atom. The van der Waals surface area contributed by atoms with Crippen LogP contribution in [0, 0.1) is 16.0 Å². The molecule has 1 heterocycles. The largest absolute Gasteiger partial charge is 0.356 e. The Labute approximate surface area is 113 Å². The summed E-state index contributed by atoms with van der Waals surface area (Å²) in [6.45, 7) is 0.728. The summed E-state index contributed by atoms with van der Waals surface area (Å²) in [4.78, 5) is 22.1.